The minimum Gasteiger partial charge on any atom is -0.388 e. The summed E-state index contributed by atoms with van der Waals surface area (Å²) in [5, 5.41) is 6.90. The van der Waals surface area contributed by atoms with Crippen LogP contribution in [0.3, 0.4) is 0 Å². The molecule has 0 atom stereocenters. The van der Waals surface area contributed by atoms with E-state index in [4.69, 9.17) is 11.1 Å². The molecule has 0 rings (SSSR count). The van der Waals surface area contributed by atoms with Crippen LogP contribution in [0.5, 0.6) is 0 Å². The van der Waals surface area contributed by atoms with Crippen molar-refractivity contribution >= 4 is 17.6 Å². The van der Waals surface area contributed by atoms with Gasteiger partial charge in [0, 0.05) is 6.42 Å². The smallest absolute Gasteiger partial charge is 0.0905 e. The standard InChI is InChI=1S/C6H14N2S/c1-9-5-3-2-4-6(7)8/h2-5H2,1H3,(H3,7,8). The van der Waals surface area contributed by atoms with E-state index in [1.54, 1.807) is 0 Å². The molecule has 3 N–H and O–H groups in total. The predicted molar refractivity (Wildman–Crippen MR) is 44.1 cm³/mol. The van der Waals surface area contributed by atoms with Gasteiger partial charge in [-0.05, 0) is 24.9 Å². The molecule has 0 saturated carbocycles. The Hall–Kier alpha value is -0.180. The quantitative estimate of drug-likeness (QED) is 0.350. The Morgan fingerprint density at radius 2 is 2.22 bits per heavy atom. The van der Waals surface area contributed by atoms with Gasteiger partial charge in [0.1, 0.15) is 0 Å². The third kappa shape index (κ3) is 7.82. The van der Waals surface area contributed by atoms with Crippen molar-refractivity contribution in [2.45, 2.75) is 19.3 Å². The van der Waals surface area contributed by atoms with Gasteiger partial charge in [-0.2, -0.15) is 11.8 Å². The van der Waals surface area contributed by atoms with Crippen LogP contribution >= 0.6 is 11.8 Å². The SMILES string of the molecule is CSCCCCC(=N)N. The maximum Gasteiger partial charge on any atom is 0.0905 e. The van der Waals surface area contributed by atoms with Crippen molar-refractivity contribution in [3.8, 4) is 0 Å². The molecule has 0 heterocycles. The molecule has 0 aliphatic heterocycles. The molecule has 54 valence electrons. The number of thioether (sulfide) groups is 1. The van der Waals surface area contributed by atoms with Crippen LogP contribution in [0, 0.1) is 5.41 Å². The lowest BCUT2D eigenvalue weighted by Gasteiger charge is -1.95. The summed E-state index contributed by atoms with van der Waals surface area (Å²) < 4.78 is 0. The van der Waals surface area contributed by atoms with E-state index in [0.717, 1.165) is 12.8 Å². The summed E-state index contributed by atoms with van der Waals surface area (Å²) in [6, 6.07) is 0. The van der Waals surface area contributed by atoms with E-state index in [9.17, 15) is 0 Å². The molecule has 0 aromatic rings. The van der Waals surface area contributed by atoms with Crippen molar-refractivity contribution in [1.82, 2.24) is 0 Å². The van der Waals surface area contributed by atoms with Crippen LogP contribution in [0.15, 0.2) is 0 Å². The zero-order chi connectivity index (χ0) is 7.11. The minimum atomic E-state index is 0.316. The van der Waals surface area contributed by atoms with Gasteiger partial charge in [0.25, 0.3) is 0 Å². The lowest BCUT2D eigenvalue weighted by atomic mass is 10.2. The molecule has 0 radical (unpaired) electrons. The molecule has 0 unspecified atom stereocenters. The van der Waals surface area contributed by atoms with Crippen molar-refractivity contribution < 1.29 is 0 Å². The molecule has 0 saturated heterocycles. The first-order valence-electron chi connectivity index (χ1n) is 3.09. The number of rotatable bonds is 5. The number of nitrogens with two attached hydrogens (primary N) is 1. The third-order valence-corrected chi connectivity index (χ3v) is 1.74. The topological polar surface area (TPSA) is 49.9 Å². The number of hydrogen-bond acceptors (Lipinski definition) is 2. The molecular formula is C6H14N2S. The molecule has 0 fully saturated rings. The van der Waals surface area contributed by atoms with Crippen LogP contribution < -0.4 is 5.73 Å². The van der Waals surface area contributed by atoms with Gasteiger partial charge in [-0.3, -0.25) is 5.41 Å². The van der Waals surface area contributed by atoms with Gasteiger partial charge < -0.3 is 5.73 Å². The van der Waals surface area contributed by atoms with Crippen molar-refractivity contribution in [2.24, 2.45) is 5.73 Å². The highest BCUT2D eigenvalue weighted by Crippen LogP contribution is 2.00. The highest BCUT2D eigenvalue weighted by molar-refractivity contribution is 7.98. The zero-order valence-corrected chi connectivity index (χ0v) is 6.63. The first-order valence-corrected chi connectivity index (χ1v) is 4.48. The summed E-state index contributed by atoms with van der Waals surface area (Å²) in [5.74, 6) is 1.50. The summed E-state index contributed by atoms with van der Waals surface area (Å²) in [5.41, 5.74) is 5.15. The fraction of sp³-hybridized carbons (Fsp3) is 0.833. The normalized spacial score (nSPS) is 9.44. The first-order chi connectivity index (χ1) is 4.27. The lowest BCUT2D eigenvalue weighted by Crippen LogP contribution is -2.08. The van der Waals surface area contributed by atoms with Gasteiger partial charge in [0.05, 0.1) is 5.84 Å². The van der Waals surface area contributed by atoms with Gasteiger partial charge >= 0.3 is 0 Å². The summed E-state index contributed by atoms with van der Waals surface area (Å²) in [6.07, 6.45) is 5.10. The van der Waals surface area contributed by atoms with Crippen molar-refractivity contribution in [3.05, 3.63) is 0 Å². The number of hydrogen-bond donors (Lipinski definition) is 2. The average Bonchev–Trinajstić information content (AvgIpc) is 1.80. The highest BCUT2D eigenvalue weighted by Gasteiger charge is 1.88. The third-order valence-electron chi connectivity index (χ3n) is 1.04. The van der Waals surface area contributed by atoms with E-state index >= 15 is 0 Å². The minimum absolute atomic E-state index is 0.316. The largest absolute Gasteiger partial charge is 0.388 e. The molecule has 0 spiro atoms. The molecule has 0 bridgehead atoms. The summed E-state index contributed by atoms with van der Waals surface area (Å²) in [7, 11) is 0. The number of unbranched alkanes of at least 4 members (excludes halogenated alkanes) is 1. The summed E-state index contributed by atoms with van der Waals surface area (Å²) >= 11 is 1.84. The fourth-order valence-electron chi connectivity index (χ4n) is 0.562. The van der Waals surface area contributed by atoms with Gasteiger partial charge in [-0.1, -0.05) is 0 Å². The van der Waals surface area contributed by atoms with E-state index in [0.29, 0.717) is 5.84 Å². The predicted octanol–water partition coefficient (Wildman–Crippen LogP) is 1.46. The molecule has 0 aliphatic rings. The second-order valence-corrected chi connectivity index (χ2v) is 2.96. The molecule has 0 aromatic carbocycles. The Morgan fingerprint density at radius 3 is 2.67 bits per heavy atom. The Balaban J connectivity index is 2.83. The Morgan fingerprint density at radius 1 is 1.56 bits per heavy atom. The van der Waals surface area contributed by atoms with Crippen LogP contribution in [0.4, 0.5) is 0 Å². The van der Waals surface area contributed by atoms with Crippen molar-refractivity contribution in [1.29, 1.82) is 5.41 Å². The van der Waals surface area contributed by atoms with E-state index in [1.165, 1.54) is 12.2 Å². The molecule has 3 heteroatoms. The van der Waals surface area contributed by atoms with E-state index in [2.05, 4.69) is 6.26 Å². The maximum absolute atomic E-state index is 6.90. The second kappa shape index (κ2) is 5.95. The summed E-state index contributed by atoms with van der Waals surface area (Å²) in [6.45, 7) is 0. The molecular weight excluding hydrogens is 132 g/mol. The number of nitrogens with one attached hydrogen (secondary N) is 1. The van der Waals surface area contributed by atoms with E-state index < -0.39 is 0 Å². The Labute approximate surface area is 60.7 Å². The molecule has 0 aromatic heterocycles. The van der Waals surface area contributed by atoms with Crippen molar-refractivity contribution in [2.75, 3.05) is 12.0 Å². The number of amidine groups is 1. The van der Waals surface area contributed by atoms with Crippen LogP contribution in [0.25, 0.3) is 0 Å². The molecule has 2 nitrogen and oxygen atoms in total. The molecule has 9 heavy (non-hydrogen) atoms. The lowest BCUT2D eigenvalue weighted by molar-refractivity contribution is 0.837. The van der Waals surface area contributed by atoms with Crippen molar-refractivity contribution in [3.63, 3.8) is 0 Å². The highest BCUT2D eigenvalue weighted by atomic mass is 32.2. The monoisotopic (exact) mass is 146 g/mol. The van der Waals surface area contributed by atoms with Crippen LogP contribution in [0.2, 0.25) is 0 Å². The molecule has 0 aliphatic carbocycles. The Kier molecular flexibility index (Phi) is 5.83. The van der Waals surface area contributed by atoms with Gasteiger partial charge in [0.2, 0.25) is 0 Å². The van der Waals surface area contributed by atoms with E-state index in [-0.39, 0.29) is 0 Å². The second-order valence-electron chi connectivity index (χ2n) is 1.98. The zero-order valence-electron chi connectivity index (χ0n) is 5.81. The van der Waals surface area contributed by atoms with Gasteiger partial charge in [-0.25, -0.2) is 0 Å². The Bertz CT molecular complexity index is 83.1. The van der Waals surface area contributed by atoms with Crippen LogP contribution in [-0.4, -0.2) is 17.8 Å². The summed E-state index contributed by atoms with van der Waals surface area (Å²) in [4.78, 5) is 0. The van der Waals surface area contributed by atoms with Crippen LogP contribution in [0.1, 0.15) is 19.3 Å². The fourth-order valence-corrected chi connectivity index (χ4v) is 1.05. The van der Waals surface area contributed by atoms with Gasteiger partial charge in [-0.15, -0.1) is 0 Å². The first kappa shape index (κ1) is 8.82. The van der Waals surface area contributed by atoms with E-state index in [1.807, 2.05) is 11.8 Å². The maximum atomic E-state index is 6.90. The van der Waals surface area contributed by atoms with Crippen LogP contribution in [-0.2, 0) is 0 Å². The average molecular weight is 146 g/mol. The van der Waals surface area contributed by atoms with Gasteiger partial charge in [0.15, 0.2) is 0 Å². The molecule has 0 amide bonds.